The maximum atomic E-state index is 12.4. The molecule has 148 valence electrons. The van der Waals surface area contributed by atoms with Crippen LogP contribution in [0.15, 0.2) is 30.3 Å². The summed E-state index contributed by atoms with van der Waals surface area (Å²) in [7, 11) is 0. The van der Waals surface area contributed by atoms with Gasteiger partial charge in [-0.05, 0) is 26.3 Å². The summed E-state index contributed by atoms with van der Waals surface area (Å²) < 4.78 is 5.14. The zero-order valence-electron chi connectivity index (χ0n) is 16.4. The lowest BCUT2D eigenvalue weighted by Crippen LogP contribution is -2.51. The van der Waals surface area contributed by atoms with Crippen LogP contribution in [0.2, 0.25) is 0 Å². The molecular weight excluding hydrogens is 346 g/mol. The number of ether oxygens (including phenoxy) is 1. The van der Waals surface area contributed by atoms with E-state index in [1.54, 1.807) is 30.6 Å². The van der Waals surface area contributed by atoms with E-state index in [0.29, 0.717) is 32.6 Å². The molecule has 0 saturated carbocycles. The van der Waals surface area contributed by atoms with E-state index in [4.69, 9.17) is 4.74 Å². The van der Waals surface area contributed by atoms with Crippen molar-refractivity contribution in [1.82, 2.24) is 15.1 Å². The lowest BCUT2D eigenvalue weighted by atomic mass is 10.1. The molecule has 1 aliphatic rings. The van der Waals surface area contributed by atoms with Crippen molar-refractivity contribution < 1.29 is 19.1 Å². The fraction of sp³-hybridized carbons (Fsp3) is 0.550. The van der Waals surface area contributed by atoms with Crippen molar-refractivity contribution >= 4 is 17.9 Å². The third kappa shape index (κ3) is 7.29. The number of hydrogen-bond donors (Lipinski definition) is 1. The van der Waals surface area contributed by atoms with Gasteiger partial charge in [-0.2, -0.15) is 0 Å². The van der Waals surface area contributed by atoms with Crippen LogP contribution in [0.3, 0.4) is 0 Å². The highest BCUT2D eigenvalue weighted by atomic mass is 16.6. The number of carbonyl (C=O) groups excluding carboxylic acids is 3. The summed E-state index contributed by atoms with van der Waals surface area (Å²) in [6.07, 6.45) is 0.0813. The van der Waals surface area contributed by atoms with E-state index >= 15 is 0 Å². The second-order valence-corrected chi connectivity index (χ2v) is 7.60. The molecule has 1 heterocycles. The molecule has 1 aliphatic heterocycles. The van der Waals surface area contributed by atoms with Crippen LogP contribution in [-0.4, -0.2) is 66.0 Å². The van der Waals surface area contributed by atoms with Crippen LogP contribution < -0.4 is 5.32 Å². The molecule has 0 bridgehead atoms. The number of alkyl carbamates (subject to hydrolysis) is 1. The molecule has 1 saturated heterocycles. The van der Waals surface area contributed by atoms with Gasteiger partial charge in [0, 0.05) is 39.1 Å². The lowest BCUT2D eigenvalue weighted by molar-refractivity contribution is -0.139. The molecule has 1 aromatic carbocycles. The van der Waals surface area contributed by atoms with Crippen molar-refractivity contribution in [2.24, 2.45) is 0 Å². The first-order chi connectivity index (χ1) is 12.7. The number of nitrogens with one attached hydrogen (secondary N) is 1. The average Bonchev–Trinajstić information content (AvgIpc) is 2.61. The summed E-state index contributed by atoms with van der Waals surface area (Å²) in [5.41, 5.74) is 0.436. The summed E-state index contributed by atoms with van der Waals surface area (Å²) in [6.45, 7) is 7.72. The minimum absolute atomic E-state index is 0.0267. The fourth-order valence-corrected chi connectivity index (χ4v) is 2.83. The molecule has 2 rings (SSSR count). The topological polar surface area (TPSA) is 79.0 Å². The molecule has 7 heteroatoms. The van der Waals surface area contributed by atoms with Gasteiger partial charge in [0.2, 0.25) is 11.8 Å². The molecule has 1 aromatic rings. The van der Waals surface area contributed by atoms with E-state index in [-0.39, 0.29) is 24.8 Å². The fourth-order valence-electron chi connectivity index (χ4n) is 2.83. The lowest BCUT2D eigenvalue weighted by Gasteiger charge is -2.35. The number of amides is 3. The largest absolute Gasteiger partial charge is 0.444 e. The Bertz CT molecular complexity index is 647. The minimum Gasteiger partial charge on any atom is -0.444 e. The van der Waals surface area contributed by atoms with Crippen molar-refractivity contribution in [1.29, 1.82) is 0 Å². The Labute approximate surface area is 160 Å². The van der Waals surface area contributed by atoms with Crippen LogP contribution in [0.25, 0.3) is 0 Å². The predicted molar refractivity (Wildman–Crippen MR) is 102 cm³/mol. The van der Waals surface area contributed by atoms with Crippen molar-refractivity contribution in [3.05, 3.63) is 35.9 Å². The standard InChI is InChI=1S/C20H29N3O4/c1-20(2,3)27-19(26)21-10-9-17(24)22-11-13-23(14-12-22)18(25)15-16-7-5-4-6-8-16/h4-8H,9-15H2,1-3H3,(H,21,26). The summed E-state index contributed by atoms with van der Waals surface area (Å²) >= 11 is 0. The number of piperazine rings is 1. The third-order valence-corrected chi connectivity index (χ3v) is 4.19. The number of carbonyl (C=O) groups is 3. The Hall–Kier alpha value is -2.57. The smallest absolute Gasteiger partial charge is 0.407 e. The van der Waals surface area contributed by atoms with Crippen LogP contribution in [0.4, 0.5) is 4.79 Å². The monoisotopic (exact) mass is 375 g/mol. The van der Waals surface area contributed by atoms with Gasteiger partial charge in [-0.1, -0.05) is 30.3 Å². The van der Waals surface area contributed by atoms with Crippen LogP contribution in [0.1, 0.15) is 32.8 Å². The summed E-state index contributed by atoms with van der Waals surface area (Å²) in [5, 5.41) is 2.59. The van der Waals surface area contributed by atoms with Gasteiger partial charge in [0.1, 0.15) is 5.60 Å². The molecule has 27 heavy (non-hydrogen) atoms. The van der Waals surface area contributed by atoms with Crippen LogP contribution in [0.5, 0.6) is 0 Å². The molecular formula is C20H29N3O4. The first-order valence-electron chi connectivity index (χ1n) is 9.31. The molecule has 1 fully saturated rings. The maximum Gasteiger partial charge on any atom is 0.407 e. The van der Waals surface area contributed by atoms with E-state index in [1.807, 2.05) is 30.3 Å². The van der Waals surface area contributed by atoms with Gasteiger partial charge >= 0.3 is 6.09 Å². The van der Waals surface area contributed by atoms with Crippen molar-refractivity contribution in [2.75, 3.05) is 32.7 Å². The first kappa shape index (κ1) is 20.7. The number of nitrogens with zero attached hydrogens (tertiary/aromatic N) is 2. The first-order valence-corrected chi connectivity index (χ1v) is 9.31. The SMILES string of the molecule is CC(C)(C)OC(=O)NCCC(=O)N1CCN(C(=O)Cc2ccccc2)CC1. The Kier molecular flexibility index (Phi) is 7.21. The summed E-state index contributed by atoms with van der Waals surface area (Å²) in [6, 6.07) is 9.65. The Morgan fingerprint density at radius 2 is 1.52 bits per heavy atom. The number of hydrogen-bond acceptors (Lipinski definition) is 4. The highest BCUT2D eigenvalue weighted by Gasteiger charge is 2.24. The van der Waals surface area contributed by atoms with E-state index in [1.165, 1.54) is 0 Å². The average molecular weight is 375 g/mol. The Morgan fingerprint density at radius 3 is 2.07 bits per heavy atom. The van der Waals surface area contributed by atoms with E-state index in [2.05, 4.69) is 5.32 Å². The van der Waals surface area contributed by atoms with E-state index < -0.39 is 11.7 Å². The normalized spacial score (nSPS) is 14.6. The summed E-state index contributed by atoms with van der Waals surface area (Å²) in [4.78, 5) is 39.8. The maximum absolute atomic E-state index is 12.4. The van der Waals surface area contributed by atoms with Crippen molar-refractivity contribution in [2.45, 2.75) is 39.2 Å². The second kappa shape index (κ2) is 9.39. The van der Waals surface area contributed by atoms with Crippen LogP contribution >= 0.6 is 0 Å². The molecule has 0 unspecified atom stereocenters. The Balaban J connectivity index is 1.68. The van der Waals surface area contributed by atoms with Gasteiger partial charge in [0.25, 0.3) is 0 Å². The molecule has 0 aromatic heterocycles. The van der Waals surface area contributed by atoms with Gasteiger partial charge < -0.3 is 19.9 Å². The molecule has 0 aliphatic carbocycles. The van der Waals surface area contributed by atoms with E-state index in [0.717, 1.165) is 5.56 Å². The molecule has 0 spiro atoms. The molecule has 7 nitrogen and oxygen atoms in total. The Morgan fingerprint density at radius 1 is 0.963 bits per heavy atom. The zero-order chi connectivity index (χ0) is 19.9. The quantitative estimate of drug-likeness (QED) is 0.851. The predicted octanol–water partition coefficient (Wildman–Crippen LogP) is 1.81. The van der Waals surface area contributed by atoms with Crippen LogP contribution in [0, 0.1) is 0 Å². The summed E-state index contributed by atoms with van der Waals surface area (Å²) in [5.74, 6) is 0.0566. The third-order valence-electron chi connectivity index (χ3n) is 4.19. The molecule has 1 N–H and O–H groups in total. The highest BCUT2D eigenvalue weighted by Crippen LogP contribution is 2.09. The minimum atomic E-state index is -0.559. The number of rotatable bonds is 5. The highest BCUT2D eigenvalue weighted by molar-refractivity contribution is 5.80. The second-order valence-electron chi connectivity index (χ2n) is 7.60. The van der Waals surface area contributed by atoms with Gasteiger partial charge in [0.15, 0.2) is 0 Å². The van der Waals surface area contributed by atoms with E-state index in [9.17, 15) is 14.4 Å². The number of benzene rings is 1. The molecule has 0 radical (unpaired) electrons. The van der Waals surface area contributed by atoms with Gasteiger partial charge in [-0.15, -0.1) is 0 Å². The van der Waals surface area contributed by atoms with Gasteiger partial charge in [0.05, 0.1) is 6.42 Å². The van der Waals surface area contributed by atoms with Gasteiger partial charge in [-0.25, -0.2) is 4.79 Å². The van der Waals surface area contributed by atoms with Crippen molar-refractivity contribution in [3.63, 3.8) is 0 Å². The zero-order valence-corrected chi connectivity index (χ0v) is 16.4. The van der Waals surface area contributed by atoms with Crippen molar-refractivity contribution in [3.8, 4) is 0 Å². The molecule has 3 amide bonds. The molecule has 0 atom stereocenters. The van der Waals surface area contributed by atoms with Crippen LogP contribution in [-0.2, 0) is 20.7 Å². The van der Waals surface area contributed by atoms with Gasteiger partial charge in [-0.3, -0.25) is 9.59 Å².